The van der Waals surface area contributed by atoms with Crippen LogP contribution < -0.4 is 5.32 Å². The van der Waals surface area contributed by atoms with Gasteiger partial charge in [-0.2, -0.15) is 0 Å². The fourth-order valence-electron chi connectivity index (χ4n) is 1.55. The molecule has 0 aliphatic carbocycles. The minimum atomic E-state index is -0.0662. The van der Waals surface area contributed by atoms with Crippen LogP contribution in [0.25, 0.3) is 0 Å². The molecule has 90 valence electrons. The van der Waals surface area contributed by atoms with Crippen LogP contribution in [0, 0.1) is 5.92 Å². The predicted octanol–water partition coefficient (Wildman–Crippen LogP) is 2.62. The first-order chi connectivity index (χ1) is 7.59. The van der Waals surface area contributed by atoms with Crippen LogP contribution in [0.15, 0.2) is 18.2 Å². The van der Waals surface area contributed by atoms with Gasteiger partial charge in [-0.05, 0) is 43.0 Å². The molecule has 0 aliphatic heterocycles. The lowest BCUT2D eigenvalue weighted by Gasteiger charge is -2.07. The Labute approximate surface area is 97.1 Å². The minimum Gasteiger partial charge on any atom is -0.504 e. The fraction of sp³-hybridized carbons (Fsp3) is 0.538. The first-order valence-corrected chi connectivity index (χ1v) is 5.81. The summed E-state index contributed by atoms with van der Waals surface area (Å²) in [5.41, 5.74) is 0.986. The van der Waals surface area contributed by atoms with Crippen molar-refractivity contribution in [3.8, 4) is 11.5 Å². The van der Waals surface area contributed by atoms with E-state index in [4.69, 9.17) is 5.11 Å². The molecule has 1 rings (SSSR count). The highest BCUT2D eigenvalue weighted by molar-refractivity contribution is 5.40. The number of phenols is 2. The number of hydrogen-bond acceptors (Lipinski definition) is 3. The fourth-order valence-corrected chi connectivity index (χ4v) is 1.55. The normalized spacial score (nSPS) is 10.9. The van der Waals surface area contributed by atoms with E-state index in [-0.39, 0.29) is 11.5 Å². The van der Waals surface area contributed by atoms with E-state index in [2.05, 4.69) is 19.2 Å². The quantitative estimate of drug-likeness (QED) is 0.513. The summed E-state index contributed by atoms with van der Waals surface area (Å²) < 4.78 is 0. The van der Waals surface area contributed by atoms with Gasteiger partial charge in [0, 0.05) is 6.54 Å². The average molecular weight is 223 g/mol. The lowest BCUT2D eigenvalue weighted by atomic mass is 10.1. The van der Waals surface area contributed by atoms with E-state index >= 15 is 0 Å². The molecule has 0 fully saturated rings. The molecule has 0 amide bonds. The summed E-state index contributed by atoms with van der Waals surface area (Å²) in [6, 6.07) is 4.91. The molecule has 0 saturated heterocycles. The molecule has 0 spiro atoms. The van der Waals surface area contributed by atoms with Gasteiger partial charge in [0.05, 0.1) is 0 Å². The van der Waals surface area contributed by atoms with E-state index in [1.165, 1.54) is 18.9 Å². The van der Waals surface area contributed by atoms with Crippen molar-refractivity contribution in [3.63, 3.8) is 0 Å². The minimum absolute atomic E-state index is 0.0542. The second-order valence-electron chi connectivity index (χ2n) is 4.54. The summed E-state index contributed by atoms with van der Waals surface area (Å²) in [6.45, 7) is 6.15. The van der Waals surface area contributed by atoms with E-state index in [1.54, 1.807) is 6.07 Å². The topological polar surface area (TPSA) is 52.5 Å². The van der Waals surface area contributed by atoms with Crippen LogP contribution in [0.5, 0.6) is 11.5 Å². The van der Waals surface area contributed by atoms with Crippen molar-refractivity contribution in [3.05, 3.63) is 23.8 Å². The van der Waals surface area contributed by atoms with Crippen molar-refractivity contribution >= 4 is 0 Å². The molecule has 1 aromatic carbocycles. The molecule has 3 heteroatoms. The van der Waals surface area contributed by atoms with Crippen molar-refractivity contribution in [2.45, 2.75) is 33.2 Å². The molecule has 0 radical (unpaired) electrons. The van der Waals surface area contributed by atoms with Gasteiger partial charge in [0.15, 0.2) is 11.5 Å². The van der Waals surface area contributed by atoms with Crippen LogP contribution >= 0.6 is 0 Å². The molecule has 3 N–H and O–H groups in total. The average Bonchev–Trinajstić information content (AvgIpc) is 2.22. The van der Waals surface area contributed by atoms with Gasteiger partial charge in [-0.25, -0.2) is 0 Å². The van der Waals surface area contributed by atoms with Gasteiger partial charge in [0.2, 0.25) is 0 Å². The largest absolute Gasteiger partial charge is 0.504 e. The molecule has 0 aliphatic rings. The second kappa shape index (κ2) is 6.38. The van der Waals surface area contributed by atoms with Gasteiger partial charge in [-0.1, -0.05) is 19.9 Å². The molecular formula is C13H21NO2. The molecular weight excluding hydrogens is 202 g/mol. The third kappa shape index (κ3) is 4.53. The number of nitrogens with one attached hydrogen (secondary N) is 1. The zero-order valence-electron chi connectivity index (χ0n) is 10.0. The maximum atomic E-state index is 9.30. The smallest absolute Gasteiger partial charge is 0.157 e. The summed E-state index contributed by atoms with van der Waals surface area (Å²) in [7, 11) is 0. The third-order valence-electron chi connectivity index (χ3n) is 2.50. The molecule has 0 atom stereocenters. The molecule has 0 bridgehead atoms. The highest BCUT2D eigenvalue weighted by atomic mass is 16.3. The van der Waals surface area contributed by atoms with Crippen LogP contribution in [-0.2, 0) is 6.54 Å². The van der Waals surface area contributed by atoms with Crippen molar-refractivity contribution in [2.24, 2.45) is 5.92 Å². The molecule has 0 saturated carbocycles. The van der Waals surface area contributed by atoms with Gasteiger partial charge >= 0.3 is 0 Å². The summed E-state index contributed by atoms with van der Waals surface area (Å²) in [5, 5.41) is 21.8. The number of phenolic OH excluding ortho intramolecular Hbond substituents is 2. The van der Waals surface area contributed by atoms with E-state index in [9.17, 15) is 5.11 Å². The monoisotopic (exact) mass is 223 g/mol. The zero-order chi connectivity index (χ0) is 12.0. The van der Waals surface area contributed by atoms with Gasteiger partial charge in [-0.15, -0.1) is 0 Å². The molecule has 0 aromatic heterocycles. The Hall–Kier alpha value is -1.22. The molecule has 3 nitrogen and oxygen atoms in total. The van der Waals surface area contributed by atoms with Crippen LogP contribution in [0.1, 0.15) is 32.3 Å². The Kier molecular flexibility index (Phi) is 5.12. The lowest BCUT2D eigenvalue weighted by Crippen LogP contribution is -2.15. The Balaban J connectivity index is 2.24. The van der Waals surface area contributed by atoms with E-state index in [0.29, 0.717) is 0 Å². The Bertz CT molecular complexity index is 324. The van der Waals surface area contributed by atoms with Gasteiger partial charge in [0.25, 0.3) is 0 Å². The lowest BCUT2D eigenvalue weighted by molar-refractivity contribution is 0.403. The third-order valence-corrected chi connectivity index (χ3v) is 2.50. The van der Waals surface area contributed by atoms with E-state index in [1.807, 2.05) is 6.07 Å². The van der Waals surface area contributed by atoms with Crippen molar-refractivity contribution in [2.75, 3.05) is 6.54 Å². The van der Waals surface area contributed by atoms with Crippen LogP contribution in [-0.4, -0.2) is 16.8 Å². The first-order valence-electron chi connectivity index (χ1n) is 5.81. The van der Waals surface area contributed by atoms with Gasteiger partial charge in [0.1, 0.15) is 0 Å². The highest BCUT2D eigenvalue weighted by Gasteiger charge is 2.00. The second-order valence-corrected chi connectivity index (χ2v) is 4.54. The van der Waals surface area contributed by atoms with Gasteiger partial charge in [-0.3, -0.25) is 0 Å². The predicted molar refractivity (Wildman–Crippen MR) is 65.6 cm³/mol. The number of rotatable bonds is 6. The van der Waals surface area contributed by atoms with E-state index < -0.39 is 0 Å². The summed E-state index contributed by atoms with van der Waals surface area (Å²) in [5.74, 6) is 0.629. The summed E-state index contributed by atoms with van der Waals surface area (Å²) >= 11 is 0. The SMILES string of the molecule is CC(C)CCCNCc1ccc(O)c(O)c1. The molecule has 0 heterocycles. The van der Waals surface area contributed by atoms with Crippen LogP contribution in [0.3, 0.4) is 0 Å². The standard InChI is InChI=1S/C13H21NO2/c1-10(2)4-3-7-14-9-11-5-6-12(15)13(16)8-11/h5-6,8,10,14-16H,3-4,7,9H2,1-2H3. The summed E-state index contributed by atoms with van der Waals surface area (Å²) in [4.78, 5) is 0. The number of hydrogen-bond donors (Lipinski definition) is 3. The number of aromatic hydroxyl groups is 2. The van der Waals surface area contributed by atoms with Gasteiger partial charge < -0.3 is 15.5 Å². The number of benzene rings is 1. The Morgan fingerprint density at radius 3 is 2.56 bits per heavy atom. The van der Waals surface area contributed by atoms with Crippen molar-refractivity contribution < 1.29 is 10.2 Å². The maximum absolute atomic E-state index is 9.30. The molecule has 0 unspecified atom stereocenters. The Morgan fingerprint density at radius 1 is 1.19 bits per heavy atom. The molecule has 1 aromatic rings. The van der Waals surface area contributed by atoms with Crippen molar-refractivity contribution in [1.82, 2.24) is 5.32 Å². The first kappa shape index (κ1) is 12.8. The maximum Gasteiger partial charge on any atom is 0.157 e. The molecule has 16 heavy (non-hydrogen) atoms. The van der Waals surface area contributed by atoms with E-state index in [0.717, 1.165) is 24.6 Å². The Morgan fingerprint density at radius 2 is 1.94 bits per heavy atom. The van der Waals surface area contributed by atoms with Crippen molar-refractivity contribution in [1.29, 1.82) is 0 Å². The zero-order valence-corrected chi connectivity index (χ0v) is 10.0. The van der Waals surface area contributed by atoms with Crippen LogP contribution in [0.2, 0.25) is 0 Å². The highest BCUT2D eigenvalue weighted by Crippen LogP contribution is 2.24. The summed E-state index contributed by atoms with van der Waals surface area (Å²) in [6.07, 6.45) is 2.40. The van der Waals surface area contributed by atoms with Crippen LogP contribution in [0.4, 0.5) is 0 Å².